The lowest BCUT2D eigenvalue weighted by atomic mass is 10.1. The minimum atomic E-state index is 0.101. The van der Waals surface area contributed by atoms with Gasteiger partial charge in [-0.2, -0.15) is 0 Å². The molecule has 0 saturated heterocycles. The van der Waals surface area contributed by atoms with E-state index in [4.69, 9.17) is 4.74 Å². The largest absolute Gasteiger partial charge is 0.369 e. The fraction of sp³-hybridized carbons (Fsp3) is 0.353. The molecule has 24 heavy (non-hydrogen) atoms. The lowest BCUT2D eigenvalue weighted by molar-refractivity contribution is 0.00125. The first-order chi connectivity index (χ1) is 11.8. The molecule has 0 bridgehead atoms. The molecule has 2 aromatic heterocycles. The fourth-order valence-corrected chi connectivity index (χ4v) is 3.47. The number of thiazole rings is 1. The lowest BCUT2D eigenvalue weighted by Crippen LogP contribution is -2.36. The molecule has 7 heteroatoms. The summed E-state index contributed by atoms with van der Waals surface area (Å²) in [5.41, 5.74) is 4.29. The molecule has 1 aliphatic rings. The smallest absolute Gasteiger partial charge is 0.118 e. The van der Waals surface area contributed by atoms with E-state index in [1.165, 1.54) is 5.56 Å². The summed E-state index contributed by atoms with van der Waals surface area (Å²) >= 11 is 1.66. The van der Waals surface area contributed by atoms with E-state index in [2.05, 4.69) is 45.7 Å². The third kappa shape index (κ3) is 3.24. The van der Waals surface area contributed by atoms with Crippen molar-refractivity contribution in [3.8, 4) is 11.3 Å². The Morgan fingerprint density at radius 3 is 3.21 bits per heavy atom. The highest BCUT2D eigenvalue weighted by molar-refractivity contribution is 7.09. The topological polar surface area (TPSA) is 64.9 Å². The Labute approximate surface area is 144 Å². The average Bonchev–Trinajstić information content (AvgIpc) is 3.24. The Hall–Kier alpha value is -2.09. The van der Waals surface area contributed by atoms with Crippen molar-refractivity contribution in [2.75, 3.05) is 6.54 Å². The van der Waals surface area contributed by atoms with E-state index in [0.29, 0.717) is 6.61 Å². The van der Waals surface area contributed by atoms with Crippen molar-refractivity contribution in [2.24, 2.45) is 0 Å². The van der Waals surface area contributed by atoms with Crippen LogP contribution in [0.3, 0.4) is 0 Å². The van der Waals surface area contributed by atoms with Gasteiger partial charge in [0.1, 0.15) is 10.7 Å². The standard InChI is InChI=1S/C17H19N5OS/c1-12-3-2-4-13(7-12)17-15-11-23-14(10-22(15)21-20-17)8-18-9-16-19-5-6-24-16/h2-7,14,18H,8-11H2,1H3/t14-/m1/s1. The second kappa shape index (κ2) is 6.80. The molecule has 0 unspecified atom stereocenters. The van der Waals surface area contributed by atoms with Crippen LogP contribution in [0.4, 0.5) is 0 Å². The van der Waals surface area contributed by atoms with Gasteiger partial charge in [0, 0.05) is 30.2 Å². The molecule has 4 rings (SSSR count). The maximum atomic E-state index is 5.99. The summed E-state index contributed by atoms with van der Waals surface area (Å²) in [6.07, 6.45) is 1.93. The van der Waals surface area contributed by atoms with E-state index in [1.54, 1.807) is 11.3 Å². The molecular weight excluding hydrogens is 322 g/mol. The number of aromatic nitrogens is 4. The summed E-state index contributed by atoms with van der Waals surface area (Å²) in [6.45, 7) is 4.90. The first-order valence-electron chi connectivity index (χ1n) is 7.99. The van der Waals surface area contributed by atoms with Gasteiger partial charge in [0.2, 0.25) is 0 Å². The van der Waals surface area contributed by atoms with Crippen LogP contribution in [0.2, 0.25) is 0 Å². The summed E-state index contributed by atoms with van der Waals surface area (Å²) in [7, 11) is 0. The van der Waals surface area contributed by atoms with Crippen molar-refractivity contribution in [1.82, 2.24) is 25.3 Å². The van der Waals surface area contributed by atoms with E-state index in [0.717, 1.165) is 41.6 Å². The summed E-state index contributed by atoms with van der Waals surface area (Å²) in [5, 5.41) is 15.2. The fourth-order valence-electron chi connectivity index (χ4n) is 2.89. The second-order valence-electron chi connectivity index (χ2n) is 5.93. The van der Waals surface area contributed by atoms with Gasteiger partial charge < -0.3 is 10.1 Å². The summed E-state index contributed by atoms with van der Waals surface area (Å²) in [4.78, 5) is 4.27. The Kier molecular flexibility index (Phi) is 4.38. The van der Waals surface area contributed by atoms with Crippen LogP contribution < -0.4 is 5.32 Å². The van der Waals surface area contributed by atoms with Crippen LogP contribution in [0.5, 0.6) is 0 Å². The van der Waals surface area contributed by atoms with Gasteiger partial charge in [0.25, 0.3) is 0 Å². The molecule has 0 saturated carbocycles. The van der Waals surface area contributed by atoms with Gasteiger partial charge in [0.15, 0.2) is 0 Å². The van der Waals surface area contributed by atoms with Crippen molar-refractivity contribution >= 4 is 11.3 Å². The number of benzene rings is 1. The SMILES string of the molecule is Cc1cccc(-c2nnn3c2CO[C@H](CNCc2nccs2)C3)c1. The van der Waals surface area contributed by atoms with Crippen molar-refractivity contribution in [3.05, 3.63) is 52.1 Å². The van der Waals surface area contributed by atoms with Crippen molar-refractivity contribution in [3.63, 3.8) is 0 Å². The molecule has 1 aromatic carbocycles. The molecule has 0 aliphatic carbocycles. The molecule has 0 amide bonds. The molecule has 3 aromatic rings. The number of nitrogens with one attached hydrogen (secondary N) is 1. The minimum Gasteiger partial charge on any atom is -0.369 e. The van der Waals surface area contributed by atoms with Crippen molar-refractivity contribution in [1.29, 1.82) is 0 Å². The van der Waals surface area contributed by atoms with Gasteiger partial charge in [-0.3, -0.25) is 0 Å². The third-order valence-electron chi connectivity index (χ3n) is 4.09. The Balaban J connectivity index is 1.41. The summed E-state index contributed by atoms with van der Waals surface area (Å²) < 4.78 is 7.96. The van der Waals surface area contributed by atoms with Crippen LogP contribution in [-0.4, -0.2) is 32.6 Å². The van der Waals surface area contributed by atoms with E-state index in [1.807, 2.05) is 22.3 Å². The molecule has 124 valence electrons. The second-order valence-corrected chi connectivity index (χ2v) is 6.91. The maximum Gasteiger partial charge on any atom is 0.118 e. The Morgan fingerprint density at radius 1 is 1.42 bits per heavy atom. The minimum absolute atomic E-state index is 0.101. The first-order valence-corrected chi connectivity index (χ1v) is 8.87. The number of fused-ring (bicyclic) bond motifs is 1. The van der Waals surface area contributed by atoms with Gasteiger partial charge in [-0.05, 0) is 13.0 Å². The van der Waals surface area contributed by atoms with E-state index < -0.39 is 0 Å². The predicted octanol–water partition coefficient (Wildman–Crippen LogP) is 2.40. The van der Waals surface area contributed by atoms with Gasteiger partial charge in [0.05, 0.1) is 24.9 Å². The lowest BCUT2D eigenvalue weighted by Gasteiger charge is -2.24. The highest BCUT2D eigenvalue weighted by Gasteiger charge is 2.24. The molecule has 1 atom stereocenters. The third-order valence-corrected chi connectivity index (χ3v) is 4.87. The van der Waals surface area contributed by atoms with Gasteiger partial charge in [-0.15, -0.1) is 16.4 Å². The first kappa shape index (κ1) is 15.4. The highest BCUT2D eigenvalue weighted by atomic mass is 32.1. The number of hydrogen-bond donors (Lipinski definition) is 1. The molecule has 6 nitrogen and oxygen atoms in total. The van der Waals surface area contributed by atoms with E-state index in [9.17, 15) is 0 Å². The van der Waals surface area contributed by atoms with Gasteiger partial charge in [-0.1, -0.05) is 29.0 Å². The van der Waals surface area contributed by atoms with Crippen molar-refractivity contribution < 1.29 is 4.74 Å². The van der Waals surface area contributed by atoms with E-state index >= 15 is 0 Å². The van der Waals surface area contributed by atoms with Gasteiger partial charge in [-0.25, -0.2) is 9.67 Å². The van der Waals surface area contributed by atoms with Crippen LogP contribution in [0.15, 0.2) is 35.8 Å². The quantitative estimate of drug-likeness (QED) is 0.772. The molecular formula is C17H19N5OS. The molecule has 3 heterocycles. The molecule has 0 spiro atoms. The van der Waals surface area contributed by atoms with Crippen LogP contribution in [-0.2, 0) is 24.4 Å². The summed E-state index contributed by atoms with van der Waals surface area (Å²) in [6, 6.07) is 8.33. The number of nitrogens with zero attached hydrogens (tertiary/aromatic N) is 4. The number of hydrogen-bond acceptors (Lipinski definition) is 6. The normalized spacial score (nSPS) is 17.0. The van der Waals surface area contributed by atoms with Crippen LogP contribution in [0.25, 0.3) is 11.3 Å². The highest BCUT2D eigenvalue weighted by Crippen LogP contribution is 2.25. The Morgan fingerprint density at radius 2 is 2.38 bits per heavy atom. The maximum absolute atomic E-state index is 5.99. The zero-order chi connectivity index (χ0) is 16.4. The van der Waals surface area contributed by atoms with E-state index in [-0.39, 0.29) is 6.10 Å². The predicted molar refractivity (Wildman–Crippen MR) is 92.6 cm³/mol. The van der Waals surface area contributed by atoms with Crippen molar-refractivity contribution in [2.45, 2.75) is 32.7 Å². The van der Waals surface area contributed by atoms with Crippen LogP contribution in [0, 0.1) is 6.92 Å². The monoisotopic (exact) mass is 341 g/mol. The zero-order valence-electron chi connectivity index (χ0n) is 13.5. The Bertz CT molecular complexity index is 814. The molecule has 1 aliphatic heterocycles. The zero-order valence-corrected chi connectivity index (χ0v) is 14.3. The molecule has 1 N–H and O–H groups in total. The number of rotatable bonds is 5. The van der Waals surface area contributed by atoms with Crippen LogP contribution in [0.1, 0.15) is 16.3 Å². The number of aryl methyl sites for hydroxylation is 1. The average molecular weight is 341 g/mol. The van der Waals surface area contributed by atoms with Crippen LogP contribution >= 0.6 is 11.3 Å². The molecule has 0 radical (unpaired) electrons. The van der Waals surface area contributed by atoms with Gasteiger partial charge >= 0.3 is 0 Å². The summed E-state index contributed by atoms with van der Waals surface area (Å²) in [5.74, 6) is 0. The number of ether oxygens (including phenoxy) is 1. The molecule has 0 fully saturated rings.